The fourth-order valence-electron chi connectivity index (χ4n) is 3.07. The van der Waals surface area contributed by atoms with Gasteiger partial charge in [0.2, 0.25) is 5.91 Å². The van der Waals surface area contributed by atoms with Gasteiger partial charge in [-0.3, -0.25) is 4.79 Å². The zero-order valence-corrected chi connectivity index (χ0v) is 16.3. The molecule has 0 aliphatic heterocycles. The van der Waals surface area contributed by atoms with Gasteiger partial charge in [-0.2, -0.15) is 0 Å². The molecule has 0 bridgehead atoms. The summed E-state index contributed by atoms with van der Waals surface area (Å²) >= 11 is 0. The number of amides is 1. The van der Waals surface area contributed by atoms with Crippen LogP contribution in [0.25, 0.3) is 0 Å². The lowest BCUT2D eigenvalue weighted by Gasteiger charge is -2.27. The number of hydrogen-bond donors (Lipinski definition) is 4. The smallest absolute Gasteiger partial charge is 0.219 e. The lowest BCUT2D eigenvalue weighted by atomic mass is 9.85. The normalized spacial score (nSPS) is 11.7. The van der Waals surface area contributed by atoms with Crippen LogP contribution in [0.3, 0.4) is 0 Å². The Labute approximate surface area is 154 Å². The standard InChI is InChI=1S/C20H41NO4/c1-21-19(25)14-12-10-8-6-4-2-3-5-7-9-11-13-15-20(16-22,17-23)18-24/h22-24H,2-18H2,1H3,(H,21,25). The Hall–Kier alpha value is -0.650. The van der Waals surface area contributed by atoms with Gasteiger partial charge < -0.3 is 20.6 Å². The predicted molar refractivity (Wildman–Crippen MR) is 102 cm³/mol. The third-order valence-corrected chi connectivity index (χ3v) is 5.15. The van der Waals surface area contributed by atoms with Crippen LogP contribution in [0.1, 0.15) is 89.9 Å². The molecule has 5 nitrogen and oxygen atoms in total. The Kier molecular flexibility index (Phi) is 16.4. The second-order valence-corrected chi connectivity index (χ2v) is 7.39. The summed E-state index contributed by atoms with van der Waals surface area (Å²) in [6.07, 6.45) is 15.7. The summed E-state index contributed by atoms with van der Waals surface area (Å²) in [5, 5.41) is 30.4. The van der Waals surface area contributed by atoms with Crippen LogP contribution in [0.4, 0.5) is 0 Å². The van der Waals surface area contributed by atoms with E-state index < -0.39 is 5.41 Å². The second-order valence-electron chi connectivity index (χ2n) is 7.39. The Bertz CT molecular complexity index is 298. The van der Waals surface area contributed by atoms with E-state index in [1.54, 1.807) is 7.05 Å². The topological polar surface area (TPSA) is 89.8 Å². The summed E-state index contributed by atoms with van der Waals surface area (Å²) in [5.74, 6) is 0.148. The van der Waals surface area contributed by atoms with E-state index >= 15 is 0 Å². The van der Waals surface area contributed by atoms with E-state index in [9.17, 15) is 20.1 Å². The van der Waals surface area contributed by atoms with Gasteiger partial charge in [-0.15, -0.1) is 0 Å². The molecule has 4 N–H and O–H groups in total. The molecule has 0 atom stereocenters. The summed E-state index contributed by atoms with van der Waals surface area (Å²) in [6.45, 7) is -0.441. The minimum atomic E-state index is -0.694. The van der Waals surface area contributed by atoms with Gasteiger partial charge in [-0.05, 0) is 12.8 Å². The van der Waals surface area contributed by atoms with Crippen LogP contribution >= 0.6 is 0 Å². The average Bonchev–Trinajstić information content (AvgIpc) is 2.65. The van der Waals surface area contributed by atoms with Gasteiger partial charge in [0.25, 0.3) is 0 Å². The van der Waals surface area contributed by atoms with Crippen LogP contribution in [-0.2, 0) is 4.79 Å². The fourth-order valence-corrected chi connectivity index (χ4v) is 3.07. The summed E-state index contributed by atoms with van der Waals surface area (Å²) in [5.41, 5.74) is -0.694. The van der Waals surface area contributed by atoms with Crippen molar-refractivity contribution in [2.45, 2.75) is 89.9 Å². The van der Waals surface area contributed by atoms with E-state index in [-0.39, 0.29) is 25.7 Å². The van der Waals surface area contributed by atoms with Crippen LogP contribution in [0.15, 0.2) is 0 Å². The Morgan fingerprint density at radius 1 is 0.680 bits per heavy atom. The third-order valence-electron chi connectivity index (χ3n) is 5.15. The first-order valence-electron chi connectivity index (χ1n) is 10.2. The Balaban J connectivity index is 3.28. The summed E-state index contributed by atoms with van der Waals surface area (Å²) in [4.78, 5) is 11.1. The number of aliphatic hydroxyl groups is 3. The predicted octanol–water partition coefficient (Wildman–Crippen LogP) is 3.16. The zero-order valence-electron chi connectivity index (χ0n) is 16.3. The molecule has 0 aromatic heterocycles. The van der Waals surface area contributed by atoms with Gasteiger partial charge in [-0.25, -0.2) is 0 Å². The number of rotatable bonds is 18. The van der Waals surface area contributed by atoms with E-state index in [1.807, 2.05) is 0 Å². The van der Waals surface area contributed by atoms with Gasteiger partial charge in [0.05, 0.1) is 19.8 Å². The van der Waals surface area contributed by atoms with E-state index in [0.29, 0.717) is 12.8 Å². The number of carbonyl (C=O) groups is 1. The molecule has 0 fully saturated rings. The number of aliphatic hydroxyl groups excluding tert-OH is 3. The number of unbranched alkanes of at least 4 members (excludes halogenated alkanes) is 11. The third kappa shape index (κ3) is 13.2. The lowest BCUT2D eigenvalue weighted by molar-refractivity contribution is -0.120. The summed E-state index contributed by atoms with van der Waals surface area (Å²) in [6, 6.07) is 0. The van der Waals surface area contributed by atoms with Crippen LogP contribution in [0.2, 0.25) is 0 Å². The van der Waals surface area contributed by atoms with Crippen LogP contribution in [0.5, 0.6) is 0 Å². The van der Waals surface area contributed by atoms with Crippen molar-refractivity contribution in [1.29, 1.82) is 0 Å². The van der Waals surface area contributed by atoms with Crippen LogP contribution < -0.4 is 5.32 Å². The molecule has 150 valence electrons. The van der Waals surface area contributed by atoms with Crippen LogP contribution in [0, 0.1) is 5.41 Å². The molecule has 25 heavy (non-hydrogen) atoms. The molecule has 5 heteroatoms. The number of nitrogens with one attached hydrogen (secondary N) is 1. The first-order valence-corrected chi connectivity index (χ1v) is 10.2. The maximum Gasteiger partial charge on any atom is 0.219 e. The van der Waals surface area contributed by atoms with E-state index in [4.69, 9.17) is 0 Å². The average molecular weight is 360 g/mol. The van der Waals surface area contributed by atoms with E-state index in [0.717, 1.165) is 25.7 Å². The molecule has 0 heterocycles. The van der Waals surface area contributed by atoms with Crippen molar-refractivity contribution in [1.82, 2.24) is 5.32 Å². The van der Waals surface area contributed by atoms with E-state index in [1.165, 1.54) is 51.4 Å². The van der Waals surface area contributed by atoms with Gasteiger partial charge in [0.15, 0.2) is 0 Å². The molecule has 0 saturated heterocycles. The molecule has 1 amide bonds. The SMILES string of the molecule is CNC(=O)CCCCCCCCCCCCCCC(CO)(CO)CO. The molecule has 0 aromatic carbocycles. The van der Waals surface area contributed by atoms with Crippen molar-refractivity contribution >= 4 is 5.91 Å². The quantitative estimate of drug-likeness (QED) is 0.283. The highest BCUT2D eigenvalue weighted by Crippen LogP contribution is 2.24. The highest BCUT2D eigenvalue weighted by atomic mass is 16.3. The summed E-state index contributed by atoms with van der Waals surface area (Å²) in [7, 11) is 1.69. The molecule has 0 aliphatic carbocycles. The molecule has 0 saturated carbocycles. The van der Waals surface area contributed by atoms with Crippen molar-refractivity contribution in [3.63, 3.8) is 0 Å². The Morgan fingerprint density at radius 3 is 1.40 bits per heavy atom. The highest BCUT2D eigenvalue weighted by molar-refractivity contribution is 5.75. The van der Waals surface area contributed by atoms with Crippen molar-refractivity contribution in [3.05, 3.63) is 0 Å². The maximum absolute atomic E-state index is 11.1. The summed E-state index contributed by atoms with van der Waals surface area (Å²) < 4.78 is 0. The largest absolute Gasteiger partial charge is 0.396 e. The minimum absolute atomic E-state index is 0.147. The monoisotopic (exact) mass is 359 g/mol. The fraction of sp³-hybridized carbons (Fsp3) is 0.950. The van der Waals surface area contributed by atoms with Crippen molar-refractivity contribution < 1.29 is 20.1 Å². The first kappa shape index (κ1) is 24.4. The zero-order chi connectivity index (χ0) is 18.8. The molecule has 0 radical (unpaired) electrons. The maximum atomic E-state index is 11.1. The number of hydrogen-bond acceptors (Lipinski definition) is 4. The highest BCUT2D eigenvalue weighted by Gasteiger charge is 2.26. The first-order chi connectivity index (χ1) is 12.1. The lowest BCUT2D eigenvalue weighted by Crippen LogP contribution is -2.33. The van der Waals surface area contributed by atoms with Gasteiger partial charge >= 0.3 is 0 Å². The van der Waals surface area contributed by atoms with Crippen molar-refractivity contribution in [2.24, 2.45) is 5.41 Å². The van der Waals surface area contributed by atoms with Crippen molar-refractivity contribution in [2.75, 3.05) is 26.9 Å². The second kappa shape index (κ2) is 16.8. The van der Waals surface area contributed by atoms with Gasteiger partial charge in [-0.1, -0.05) is 70.6 Å². The molecule has 0 aliphatic rings. The van der Waals surface area contributed by atoms with E-state index in [2.05, 4.69) is 5.32 Å². The van der Waals surface area contributed by atoms with Crippen LogP contribution in [-0.4, -0.2) is 48.1 Å². The molecule has 0 unspecified atom stereocenters. The molecule has 0 rings (SSSR count). The van der Waals surface area contributed by atoms with Crippen molar-refractivity contribution in [3.8, 4) is 0 Å². The van der Waals surface area contributed by atoms with Gasteiger partial charge in [0, 0.05) is 18.9 Å². The molecular weight excluding hydrogens is 318 g/mol. The molecular formula is C20H41NO4. The van der Waals surface area contributed by atoms with Gasteiger partial charge in [0.1, 0.15) is 0 Å². The number of carbonyl (C=O) groups excluding carboxylic acids is 1. The Morgan fingerprint density at radius 2 is 1.04 bits per heavy atom. The molecule has 0 spiro atoms. The molecule has 0 aromatic rings. The minimum Gasteiger partial charge on any atom is -0.396 e.